The van der Waals surface area contributed by atoms with E-state index in [1.807, 2.05) is 6.07 Å². The first kappa shape index (κ1) is 20.3. The third-order valence-electron chi connectivity index (χ3n) is 4.72. The molecule has 1 atom stereocenters. The van der Waals surface area contributed by atoms with Crippen molar-refractivity contribution in [1.29, 1.82) is 5.26 Å². The van der Waals surface area contributed by atoms with Crippen LogP contribution in [0.1, 0.15) is 31.2 Å². The van der Waals surface area contributed by atoms with Crippen molar-refractivity contribution in [3.8, 4) is 6.07 Å². The number of halogens is 1. The molecule has 0 bridgehead atoms. The molecule has 1 saturated heterocycles. The van der Waals surface area contributed by atoms with Gasteiger partial charge < -0.3 is 5.32 Å². The number of nitriles is 1. The lowest BCUT2D eigenvalue weighted by Crippen LogP contribution is -2.45. The van der Waals surface area contributed by atoms with E-state index < -0.39 is 16.1 Å². The fourth-order valence-electron chi connectivity index (χ4n) is 3.35. The highest BCUT2D eigenvalue weighted by Gasteiger charge is 2.34. The molecular formula is C20H20ClN3O3S. The number of carbonyl (C=O) groups is 1. The molecule has 3 rings (SSSR count). The Balaban J connectivity index is 1.78. The highest BCUT2D eigenvalue weighted by Crippen LogP contribution is 2.28. The monoisotopic (exact) mass is 417 g/mol. The zero-order valence-corrected chi connectivity index (χ0v) is 16.7. The molecule has 1 aliphatic rings. The van der Waals surface area contributed by atoms with Gasteiger partial charge in [-0.15, -0.1) is 0 Å². The molecule has 1 amide bonds. The SMILES string of the molecule is N#Cc1ccc(Cl)cc1NC(=O)C[C@H]1CCCCN1S(=O)(=O)c1ccccc1. The molecule has 0 spiro atoms. The molecular weight excluding hydrogens is 398 g/mol. The maximum atomic E-state index is 13.0. The number of hydrogen-bond donors (Lipinski definition) is 1. The third-order valence-corrected chi connectivity index (χ3v) is 6.92. The Morgan fingerprint density at radius 2 is 1.96 bits per heavy atom. The summed E-state index contributed by atoms with van der Waals surface area (Å²) in [7, 11) is -3.67. The third kappa shape index (κ3) is 4.53. The van der Waals surface area contributed by atoms with Gasteiger partial charge in [-0.2, -0.15) is 9.57 Å². The zero-order chi connectivity index (χ0) is 20.1. The Morgan fingerprint density at radius 3 is 2.68 bits per heavy atom. The van der Waals surface area contributed by atoms with Gasteiger partial charge in [0.1, 0.15) is 6.07 Å². The van der Waals surface area contributed by atoms with Crippen molar-refractivity contribution in [2.45, 2.75) is 36.6 Å². The minimum Gasteiger partial charge on any atom is -0.325 e. The van der Waals surface area contributed by atoms with Gasteiger partial charge in [0, 0.05) is 24.0 Å². The Kier molecular flexibility index (Phi) is 6.35. The number of benzene rings is 2. The Labute approximate surface area is 169 Å². The van der Waals surface area contributed by atoms with Crippen LogP contribution in [0.4, 0.5) is 5.69 Å². The highest BCUT2D eigenvalue weighted by molar-refractivity contribution is 7.89. The summed E-state index contributed by atoms with van der Waals surface area (Å²) >= 11 is 5.95. The average molecular weight is 418 g/mol. The van der Waals surface area contributed by atoms with Crippen LogP contribution in [-0.4, -0.2) is 31.2 Å². The molecule has 0 saturated carbocycles. The van der Waals surface area contributed by atoms with E-state index in [-0.39, 0.29) is 17.2 Å². The van der Waals surface area contributed by atoms with Crippen molar-refractivity contribution in [1.82, 2.24) is 4.31 Å². The normalized spacial score (nSPS) is 17.6. The topological polar surface area (TPSA) is 90.3 Å². The molecule has 0 unspecified atom stereocenters. The van der Waals surface area contributed by atoms with Crippen molar-refractivity contribution in [2.24, 2.45) is 0 Å². The molecule has 2 aromatic carbocycles. The van der Waals surface area contributed by atoms with E-state index in [0.717, 1.165) is 12.8 Å². The lowest BCUT2D eigenvalue weighted by molar-refractivity contribution is -0.117. The Morgan fingerprint density at radius 1 is 1.21 bits per heavy atom. The van der Waals surface area contributed by atoms with Crippen LogP contribution in [0.5, 0.6) is 0 Å². The molecule has 28 heavy (non-hydrogen) atoms. The predicted octanol–water partition coefficient (Wildman–Crippen LogP) is 3.78. The first-order chi connectivity index (χ1) is 13.4. The molecule has 1 aliphatic heterocycles. The lowest BCUT2D eigenvalue weighted by atomic mass is 10.0. The van der Waals surface area contributed by atoms with E-state index in [0.29, 0.717) is 29.2 Å². The fourth-order valence-corrected chi connectivity index (χ4v) is 5.24. The molecule has 1 N–H and O–H groups in total. The zero-order valence-electron chi connectivity index (χ0n) is 15.1. The summed E-state index contributed by atoms with van der Waals surface area (Å²) in [6.45, 7) is 0.385. The average Bonchev–Trinajstić information content (AvgIpc) is 2.69. The maximum Gasteiger partial charge on any atom is 0.243 e. The minimum absolute atomic E-state index is 0.0173. The largest absolute Gasteiger partial charge is 0.325 e. The van der Waals surface area contributed by atoms with Gasteiger partial charge in [-0.3, -0.25) is 4.79 Å². The summed E-state index contributed by atoms with van der Waals surface area (Å²) in [5.74, 6) is -0.348. The smallest absolute Gasteiger partial charge is 0.243 e. The second-order valence-corrected chi connectivity index (χ2v) is 8.96. The van der Waals surface area contributed by atoms with Crippen molar-refractivity contribution in [3.63, 3.8) is 0 Å². The van der Waals surface area contributed by atoms with Crippen molar-refractivity contribution >= 4 is 33.2 Å². The van der Waals surface area contributed by atoms with Crippen LogP contribution in [0.3, 0.4) is 0 Å². The van der Waals surface area contributed by atoms with E-state index in [2.05, 4.69) is 5.32 Å². The van der Waals surface area contributed by atoms with Gasteiger partial charge in [0.2, 0.25) is 15.9 Å². The van der Waals surface area contributed by atoms with Gasteiger partial charge in [0.15, 0.2) is 0 Å². The van der Waals surface area contributed by atoms with Gasteiger partial charge in [0.25, 0.3) is 0 Å². The molecule has 0 aromatic heterocycles. The van der Waals surface area contributed by atoms with Gasteiger partial charge in [-0.25, -0.2) is 8.42 Å². The maximum absolute atomic E-state index is 13.0. The highest BCUT2D eigenvalue weighted by atomic mass is 35.5. The van der Waals surface area contributed by atoms with Crippen molar-refractivity contribution in [2.75, 3.05) is 11.9 Å². The molecule has 146 valence electrons. The number of carbonyl (C=O) groups excluding carboxylic acids is 1. The van der Waals surface area contributed by atoms with Crippen molar-refractivity contribution in [3.05, 3.63) is 59.1 Å². The van der Waals surface area contributed by atoms with Crippen LogP contribution in [0.15, 0.2) is 53.4 Å². The Hall–Kier alpha value is -2.40. The number of nitrogens with zero attached hydrogens (tertiary/aromatic N) is 2. The number of sulfonamides is 1. The van der Waals surface area contributed by atoms with E-state index in [1.54, 1.807) is 36.4 Å². The van der Waals surface area contributed by atoms with Gasteiger partial charge in [0.05, 0.1) is 16.1 Å². The van der Waals surface area contributed by atoms with Crippen LogP contribution in [0.25, 0.3) is 0 Å². The molecule has 1 fully saturated rings. The van der Waals surface area contributed by atoms with E-state index in [4.69, 9.17) is 11.6 Å². The summed E-state index contributed by atoms with van der Waals surface area (Å²) in [5, 5.41) is 12.3. The number of hydrogen-bond acceptors (Lipinski definition) is 4. The molecule has 8 heteroatoms. The van der Waals surface area contributed by atoms with Gasteiger partial charge in [-0.1, -0.05) is 36.2 Å². The second kappa shape index (κ2) is 8.74. The minimum atomic E-state index is -3.67. The summed E-state index contributed by atoms with van der Waals surface area (Å²) in [6, 6.07) is 14.4. The summed E-state index contributed by atoms with van der Waals surface area (Å²) in [5.41, 5.74) is 0.628. The lowest BCUT2D eigenvalue weighted by Gasteiger charge is -2.34. The second-order valence-electron chi connectivity index (χ2n) is 6.63. The summed E-state index contributed by atoms with van der Waals surface area (Å²) in [6.07, 6.45) is 2.25. The van der Waals surface area contributed by atoms with Crippen molar-refractivity contribution < 1.29 is 13.2 Å². The summed E-state index contributed by atoms with van der Waals surface area (Å²) < 4.78 is 27.5. The van der Waals surface area contributed by atoms with Crippen LogP contribution in [0.2, 0.25) is 5.02 Å². The number of piperidine rings is 1. The fraction of sp³-hybridized carbons (Fsp3) is 0.300. The van der Waals surface area contributed by atoms with E-state index in [9.17, 15) is 18.5 Å². The first-order valence-electron chi connectivity index (χ1n) is 8.98. The van der Waals surface area contributed by atoms with Crippen LogP contribution >= 0.6 is 11.6 Å². The van der Waals surface area contributed by atoms with Gasteiger partial charge >= 0.3 is 0 Å². The molecule has 6 nitrogen and oxygen atoms in total. The number of amides is 1. The molecule has 2 aromatic rings. The first-order valence-corrected chi connectivity index (χ1v) is 10.8. The Bertz CT molecular complexity index is 1000. The van der Waals surface area contributed by atoms with E-state index in [1.165, 1.54) is 16.4 Å². The molecule has 0 aliphatic carbocycles. The van der Waals surface area contributed by atoms with Crippen LogP contribution in [-0.2, 0) is 14.8 Å². The quantitative estimate of drug-likeness (QED) is 0.801. The number of nitrogens with one attached hydrogen (secondary N) is 1. The predicted molar refractivity (Wildman–Crippen MR) is 107 cm³/mol. The van der Waals surface area contributed by atoms with Gasteiger partial charge in [-0.05, 0) is 43.2 Å². The standard InChI is InChI=1S/C20H20ClN3O3S/c21-16-10-9-15(14-22)19(12-16)23-20(25)13-17-6-4-5-11-24(17)28(26,27)18-7-2-1-3-8-18/h1-3,7-10,12,17H,4-6,11,13H2,(H,23,25)/t17-/m1/s1. The summed E-state index contributed by atoms with van der Waals surface area (Å²) in [4.78, 5) is 12.8. The number of anilines is 1. The molecule has 0 radical (unpaired) electrons. The van der Waals surface area contributed by atoms with Crippen LogP contribution in [0, 0.1) is 11.3 Å². The molecule has 1 heterocycles. The van der Waals surface area contributed by atoms with E-state index >= 15 is 0 Å². The number of rotatable bonds is 5. The van der Waals surface area contributed by atoms with Crippen LogP contribution < -0.4 is 5.32 Å².